The third-order valence-corrected chi connectivity index (χ3v) is 3.97. The van der Waals surface area contributed by atoms with E-state index in [9.17, 15) is 4.79 Å². The maximum atomic E-state index is 11.9. The number of carbonyl (C=O) groups is 1. The number of nitrogens with zero attached hydrogens (tertiary/aromatic N) is 3. The van der Waals surface area contributed by atoms with Gasteiger partial charge in [-0.1, -0.05) is 24.6 Å². The van der Waals surface area contributed by atoms with Crippen LogP contribution in [-0.2, 0) is 11.2 Å². The summed E-state index contributed by atoms with van der Waals surface area (Å²) in [7, 11) is 0. The fourth-order valence-electron chi connectivity index (χ4n) is 2.02. The molecular formula is C15H15ClN4OS. The van der Waals surface area contributed by atoms with Crippen molar-refractivity contribution in [3.63, 3.8) is 0 Å². The maximum Gasteiger partial charge on any atom is 0.234 e. The van der Waals surface area contributed by atoms with Crippen LogP contribution in [0, 0.1) is 11.3 Å². The number of benzene rings is 1. The fourth-order valence-corrected chi connectivity index (χ4v) is 2.66. The number of amides is 1. The predicted molar refractivity (Wildman–Crippen MR) is 89.5 cm³/mol. The van der Waals surface area contributed by atoms with Gasteiger partial charge in [0.25, 0.3) is 0 Å². The van der Waals surface area contributed by atoms with E-state index in [0.717, 1.165) is 11.4 Å². The second-order valence-corrected chi connectivity index (χ2v) is 5.87. The Labute approximate surface area is 138 Å². The van der Waals surface area contributed by atoms with Gasteiger partial charge in [0, 0.05) is 5.02 Å². The summed E-state index contributed by atoms with van der Waals surface area (Å²) in [4.78, 5) is 11.9. The van der Waals surface area contributed by atoms with Crippen LogP contribution in [0.25, 0.3) is 5.69 Å². The van der Waals surface area contributed by atoms with Gasteiger partial charge in [0.2, 0.25) is 5.91 Å². The van der Waals surface area contributed by atoms with E-state index in [1.165, 1.54) is 11.8 Å². The van der Waals surface area contributed by atoms with Crippen molar-refractivity contribution in [2.75, 3.05) is 16.8 Å². The number of thioether (sulfide) groups is 1. The van der Waals surface area contributed by atoms with Crippen LogP contribution < -0.4 is 5.32 Å². The highest BCUT2D eigenvalue weighted by atomic mass is 35.5. The van der Waals surface area contributed by atoms with Crippen LogP contribution in [0.4, 0.5) is 5.69 Å². The second-order valence-electron chi connectivity index (χ2n) is 4.45. The van der Waals surface area contributed by atoms with Gasteiger partial charge in [-0.25, -0.2) is 4.68 Å². The number of nitriles is 1. The summed E-state index contributed by atoms with van der Waals surface area (Å²) >= 11 is 7.29. The smallest absolute Gasteiger partial charge is 0.234 e. The maximum absolute atomic E-state index is 11.9. The summed E-state index contributed by atoms with van der Waals surface area (Å²) in [6, 6.07) is 9.38. The molecule has 5 nitrogen and oxygen atoms in total. The Morgan fingerprint density at radius 1 is 1.55 bits per heavy atom. The minimum Gasteiger partial charge on any atom is -0.322 e. The van der Waals surface area contributed by atoms with Crippen molar-refractivity contribution in [2.24, 2.45) is 0 Å². The van der Waals surface area contributed by atoms with Crippen LogP contribution in [0.15, 0.2) is 30.5 Å². The lowest BCUT2D eigenvalue weighted by atomic mass is 10.2. The van der Waals surface area contributed by atoms with E-state index in [4.69, 9.17) is 16.9 Å². The van der Waals surface area contributed by atoms with Crippen molar-refractivity contribution in [1.29, 1.82) is 5.26 Å². The van der Waals surface area contributed by atoms with Gasteiger partial charge in [-0.05, 0) is 24.6 Å². The van der Waals surface area contributed by atoms with E-state index in [0.29, 0.717) is 22.9 Å². The Morgan fingerprint density at radius 3 is 3.05 bits per heavy atom. The van der Waals surface area contributed by atoms with Gasteiger partial charge in [-0.2, -0.15) is 10.4 Å². The topological polar surface area (TPSA) is 70.7 Å². The molecule has 0 bridgehead atoms. The molecule has 0 aliphatic heterocycles. The number of nitrogens with one attached hydrogen (secondary N) is 1. The van der Waals surface area contributed by atoms with Gasteiger partial charge in [-0.15, -0.1) is 11.8 Å². The monoisotopic (exact) mass is 334 g/mol. The third kappa shape index (κ3) is 4.03. The van der Waals surface area contributed by atoms with Gasteiger partial charge < -0.3 is 5.32 Å². The zero-order chi connectivity index (χ0) is 15.9. The predicted octanol–water partition coefficient (Wildman–Crippen LogP) is 3.28. The molecule has 2 rings (SSSR count). The van der Waals surface area contributed by atoms with Crippen LogP contribution in [0.1, 0.15) is 12.6 Å². The molecule has 1 aromatic carbocycles. The van der Waals surface area contributed by atoms with Gasteiger partial charge in [0.15, 0.2) is 0 Å². The third-order valence-electron chi connectivity index (χ3n) is 2.93. The second kappa shape index (κ2) is 7.87. The van der Waals surface area contributed by atoms with Crippen molar-refractivity contribution >= 4 is 35.0 Å². The number of carbonyl (C=O) groups excluding carboxylic acids is 1. The molecule has 114 valence electrons. The van der Waals surface area contributed by atoms with E-state index in [-0.39, 0.29) is 11.7 Å². The molecule has 2 aromatic rings. The molecule has 0 radical (unpaired) electrons. The standard InChI is InChI=1S/C15H15ClN4OS/c1-2-14-13(19-15(21)10-22-7-6-17)9-18-20(14)12-5-3-4-11(16)8-12/h3-5,8-9H,2,7,10H2,1H3,(H,19,21). The summed E-state index contributed by atoms with van der Waals surface area (Å²) in [5.41, 5.74) is 2.44. The lowest BCUT2D eigenvalue weighted by molar-refractivity contribution is -0.113. The molecule has 0 unspecified atom stereocenters. The van der Waals surface area contributed by atoms with Crippen LogP contribution in [0.3, 0.4) is 0 Å². The van der Waals surface area contributed by atoms with Crippen molar-refractivity contribution in [2.45, 2.75) is 13.3 Å². The van der Waals surface area contributed by atoms with Gasteiger partial charge in [-0.3, -0.25) is 4.79 Å². The van der Waals surface area contributed by atoms with Crippen LogP contribution in [0.5, 0.6) is 0 Å². The Morgan fingerprint density at radius 2 is 2.36 bits per heavy atom. The van der Waals surface area contributed by atoms with Crippen LogP contribution >= 0.6 is 23.4 Å². The Balaban J connectivity index is 2.18. The summed E-state index contributed by atoms with van der Waals surface area (Å²) in [5, 5.41) is 16.3. The number of halogens is 1. The number of anilines is 1. The highest BCUT2D eigenvalue weighted by Gasteiger charge is 2.13. The summed E-state index contributed by atoms with van der Waals surface area (Å²) in [6.45, 7) is 2.00. The molecule has 0 aliphatic rings. The highest BCUT2D eigenvalue weighted by Crippen LogP contribution is 2.22. The van der Waals surface area contributed by atoms with E-state index in [1.807, 2.05) is 31.2 Å². The number of aromatic nitrogens is 2. The molecule has 1 aromatic heterocycles. The molecule has 0 fully saturated rings. The molecule has 0 saturated heterocycles. The van der Waals surface area contributed by atoms with Crippen molar-refractivity contribution in [3.05, 3.63) is 41.2 Å². The molecule has 22 heavy (non-hydrogen) atoms. The van der Waals surface area contributed by atoms with Crippen LogP contribution in [0.2, 0.25) is 5.02 Å². The molecule has 1 N–H and O–H groups in total. The first kappa shape index (κ1) is 16.4. The molecule has 0 saturated carbocycles. The average Bonchev–Trinajstić information content (AvgIpc) is 2.90. The fraction of sp³-hybridized carbons (Fsp3) is 0.267. The van der Waals surface area contributed by atoms with E-state index < -0.39 is 0 Å². The number of hydrogen-bond donors (Lipinski definition) is 1. The van der Waals surface area contributed by atoms with Crippen molar-refractivity contribution < 1.29 is 4.79 Å². The van der Waals surface area contributed by atoms with Crippen molar-refractivity contribution in [1.82, 2.24) is 9.78 Å². The Kier molecular flexibility index (Phi) is 5.87. The molecular weight excluding hydrogens is 320 g/mol. The van der Waals surface area contributed by atoms with E-state index >= 15 is 0 Å². The van der Waals surface area contributed by atoms with Crippen molar-refractivity contribution in [3.8, 4) is 11.8 Å². The largest absolute Gasteiger partial charge is 0.322 e. The lowest BCUT2D eigenvalue weighted by Crippen LogP contribution is -2.15. The normalized spacial score (nSPS) is 10.2. The zero-order valence-corrected chi connectivity index (χ0v) is 13.6. The number of hydrogen-bond acceptors (Lipinski definition) is 4. The summed E-state index contributed by atoms with van der Waals surface area (Å²) in [6.07, 6.45) is 2.35. The van der Waals surface area contributed by atoms with Gasteiger partial charge in [0.1, 0.15) is 0 Å². The highest BCUT2D eigenvalue weighted by molar-refractivity contribution is 8.00. The van der Waals surface area contributed by atoms with E-state index in [2.05, 4.69) is 10.4 Å². The first-order valence-corrected chi connectivity index (χ1v) is 8.26. The van der Waals surface area contributed by atoms with E-state index in [1.54, 1.807) is 16.9 Å². The van der Waals surface area contributed by atoms with Crippen LogP contribution in [-0.4, -0.2) is 27.2 Å². The van der Waals surface area contributed by atoms with Gasteiger partial charge in [0.05, 0.1) is 40.8 Å². The molecule has 0 atom stereocenters. The number of rotatable bonds is 6. The molecule has 1 heterocycles. The first-order valence-electron chi connectivity index (χ1n) is 6.73. The molecule has 1 amide bonds. The molecule has 0 aliphatic carbocycles. The summed E-state index contributed by atoms with van der Waals surface area (Å²) in [5.74, 6) is 0.412. The van der Waals surface area contributed by atoms with Gasteiger partial charge >= 0.3 is 0 Å². The first-order chi connectivity index (χ1) is 10.7. The Bertz CT molecular complexity index is 708. The summed E-state index contributed by atoms with van der Waals surface area (Å²) < 4.78 is 1.77. The average molecular weight is 335 g/mol. The lowest BCUT2D eigenvalue weighted by Gasteiger charge is -2.09. The quantitative estimate of drug-likeness (QED) is 0.823. The molecule has 7 heteroatoms. The minimum absolute atomic E-state index is 0.138. The molecule has 0 spiro atoms. The zero-order valence-electron chi connectivity index (χ0n) is 12.0. The minimum atomic E-state index is -0.138. The SMILES string of the molecule is CCc1c(NC(=O)CSCC#N)cnn1-c1cccc(Cl)c1. The Hall–Kier alpha value is -1.97.